The number of hydrogen-bond acceptors (Lipinski definition) is 9. The summed E-state index contributed by atoms with van der Waals surface area (Å²) in [5, 5.41) is 10.9. The van der Waals surface area contributed by atoms with Gasteiger partial charge in [-0.2, -0.15) is 0 Å². The van der Waals surface area contributed by atoms with Gasteiger partial charge in [0.15, 0.2) is 12.1 Å². The summed E-state index contributed by atoms with van der Waals surface area (Å²) in [6.07, 6.45) is 0.716. The van der Waals surface area contributed by atoms with Crippen molar-refractivity contribution in [2.24, 2.45) is 0 Å². The maximum absolute atomic E-state index is 13.6. The second kappa shape index (κ2) is 15.4. The van der Waals surface area contributed by atoms with Crippen LogP contribution in [0.5, 0.6) is 0 Å². The van der Waals surface area contributed by atoms with E-state index in [0.29, 0.717) is 39.9 Å². The van der Waals surface area contributed by atoms with E-state index in [1.807, 2.05) is 103 Å². The van der Waals surface area contributed by atoms with Crippen molar-refractivity contribution in [1.29, 1.82) is 0 Å². The first-order valence-electron chi connectivity index (χ1n) is 17.1. The van der Waals surface area contributed by atoms with Crippen molar-refractivity contribution in [3.8, 4) is 22.6 Å². The smallest absolute Gasteiger partial charge is 0.264 e. The van der Waals surface area contributed by atoms with Gasteiger partial charge in [0.1, 0.15) is 10.6 Å². The topological polar surface area (TPSA) is 124 Å². The Hall–Kier alpha value is -5.30. The van der Waals surface area contributed by atoms with E-state index in [-0.39, 0.29) is 23.7 Å². The molecule has 1 unspecified atom stereocenters. The normalized spacial score (nSPS) is 17.5. The Kier molecular flexibility index (Phi) is 10.1. The number of ether oxygens (including phenoxy) is 2. The molecular weight excluding hydrogens is 707 g/mol. The highest BCUT2D eigenvalue weighted by Gasteiger charge is 2.33. The van der Waals surface area contributed by atoms with Gasteiger partial charge in [0.2, 0.25) is 0 Å². The lowest BCUT2D eigenvalue weighted by atomic mass is 10.0. The summed E-state index contributed by atoms with van der Waals surface area (Å²) in [6.45, 7) is -0.0551. The molecule has 7 aromatic rings. The van der Waals surface area contributed by atoms with Crippen molar-refractivity contribution in [1.82, 2.24) is 9.97 Å². The molecule has 266 valence electrons. The minimum Gasteiger partial charge on any atom is -0.431 e. The molecule has 53 heavy (non-hydrogen) atoms. The summed E-state index contributed by atoms with van der Waals surface area (Å²) >= 11 is 1.47. The molecule has 0 spiro atoms. The minimum atomic E-state index is -3.97. The van der Waals surface area contributed by atoms with Crippen LogP contribution in [0.15, 0.2) is 160 Å². The van der Waals surface area contributed by atoms with Gasteiger partial charge in [0.05, 0.1) is 24.3 Å². The molecule has 11 heteroatoms. The SMILES string of the molecule is O=S(=O)(Nc1cccc(C2O[C@H](CSc3nc(-c4ccccc4)c(-c4ccccc4)o3)C[C@H](c3ccc(CO)cc3)O2)c1)c1cccc2cccnc12. The van der Waals surface area contributed by atoms with Gasteiger partial charge in [-0.25, -0.2) is 13.4 Å². The number of para-hydroxylation sites is 1. The number of thioether (sulfide) groups is 1. The molecule has 3 atom stereocenters. The molecule has 0 aliphatic carbocycles. The highest BCUT2D eigenvalue weighted by molar-refractivity contribution is 7.99. The highest BCUT2D eigenvalue weighted by Crippen LogP contribution is 2.41. The molecule has 2 aromatic heterocycles. The standard InChI is InChI=1S/C42H35N3O6S2/c46-26-28-19-21-29(22-20-28)36-25-35(27-52-42-44-39(31-10-3-1-4-11-31)40(51-42)32-12-5-2-6-13-32)49-41(50-36)33-15-7-17-34(24-33)45-53(47,48)37-18-8-14-30-16-9-23-43-38(30)37/h1-24,35-36,41,45-46H,25-27H2/t35-,36+,41?/m0/s1. The van der Waals surface area contributed by atoms with Crippen LogP contribution in [0.4, 0.5) is 5.69 Å². The molecule has 5 aromatic carbocycles. The number of anilines is 1. The molecule has 9 nitrogen and oxygen atoms in total. The Morgan fingerprint density at radius 2 is 1.51 bits per heavy atom. The second-order valence-electron chi connectivity index (χ2n) is 12.6. The molecule has 1 fully saturated rings. The van der Waals surface area contributed by atoms with Gasteiger partial charge in [-0.3, -0.25) is 9.71 Å². The van der Waals surface area contributed by atoms with Gasteiger partial charge >= 0.3 is 0 Å². The molecule has 0 amide bonds. The number of oxazole rings is 1. The van der Waals surface area contributed by atoms with Crippen LogP contribution in [0.1, 0.15) is 35.5 Å². The lowest BCUT2D eigenvalue weighted by Gasteiger charge is -2.36. The van der Waals surface area contributed by atoms with Crippen LogP contribution in [0.2, 0.25) is 0 Å². The third kappa shape index (κ3) is 7.75. The molecule has 0 saturated carbocycles. The van der Waals surface area contributed by atoms with Gasteiger partial charge < -0.3 is 19.0 Å². The zero-order chi connectivity index (χ0) is 36.2. The van der Waals surface area contributed by atoms with Crippen LogP contribution >= 0.6 is 11.8 Å². The van der Waals surface area contributed by atoms with Crippen LogP contribution in [0.25, 0.3) is 33.5 Å². The van der Waals surface area contributed by atoms with Crippen LogP contribution in [0, 0.1) is 0 Å². The first-order chi connectivity index (χ1) is 25.9. The molecule has 0 bridgehead atoms. The number of hydrogen-bond donors (Lipinski definition) is 2. The Bertz CT molecular complexity index is 2380. The number of fused-ring (bicyclic) bond motifs is 1. The molecule has 0 radical (unpaired) electrons. The summed E-state index contributed by atoms with van der Waals surface area (Å²) in [5.41, 5.74) is 5.83. The second-order valence-corrected chi connectivity index (χ2v) is 15.2. The quantitative estimate of drug-likeness (QED) is 0.125. The van der Waals surface area contributed by atoms with Gasteiger partial charge in [-0.05, 0) is 35.4 Å². The van der Waals surface area contributed by atoms with E-state index in [2.05, 4.69) is 9.71 Å². The predicted octanol–water partition coefficient (Wildman–Crippen LogP) is 9.19. The fraction of sp³-hybridized carbons (Fsp3) is 0.143. The third-order valence-electron chi connectivity index (χ3n) is 8.99. The van der Waals surface area contributed by atoms with Gasteiger partial charge in [-0.15, -0.1) is 0 Å². The molecule has 1 saturated heterocycles. The molecule has 1 aliphatic heterocycles. The van der Waals surface area contributed by atoms with Crippen molar-refractivity contribution >= 4 is 38.4 Å². The van der Waals surface area contributed by atoms with Gasteiger partial charge in [-0.1, -0.05) is 127 Å². The van der Waals surface area contributed by atoms with E-state index in [1.165, 1.54) is 11.8 Å². The summed E-state index contributed by atoms with van der Waals surface area (Å²) in [6, 6.07) is 43.3. The summed E-state index contributed by atoms with van der Waals surface area (Å²) in [7, 11) is -3.97. The number of pyridine rings is 1. The van der Waals surface area contributed by atoms with Crippen LogP contribution < -0.4 is 4.72 Å². The predicted molar refractivity (Wildman–Crippen MR) is 206 cm³/mol. The van der Waals surface area contributed by atoms with Gasteiger partial charge in [0, 0.05) is 46.1 Å². The fourth-order valence-electron chi connectivity index (χ4n) is 6.38. The number of aromatic nitrogens is 2. The molecule has 1 aliphatic rings. The number of nitrogens with zero attached hydrogens (tertiary/aromatic N) is 2. The largest absolute Gasteiger partial charge is 0.431 e. The minimum absolute atomic E-state index is 0.0551. The van der Waals surface area contributed by atoms with Crippen molar-refractivity contribution < 1.29 is 27.4 Å². The zero-order valence-electron chi connectivity index (χ0n) is 28.4. The molecule has 3 heterocycles. The number of aliphatic hydroxyl groups is 1. The molecule has 8 rings (SSSR count). The number of benzene rings is 5. The lowest BCUT2D eigenvalue weighted by molar-refractivity contribution is -0.245. The Morgan fingerprint density at radius 1 is 0.774 bits per heavy atom. The Balaban J connectivity index is 1.06. The number of rotatable bonds is 11. The van der Waals surface area contributed by atoms with E-state index in [1.54, 1.807) is 42.6 Å². The monoisotopic (exact) mass is 741 g/mol. The zero-order valence-corrected chi connectivity index (χ0v) is 30.0. The molecule has 2 N–H and O–H groups in total. The van der Waals surface area contributed by atoms with Gasteiger partial charge in [0.25, 0.3) is 15.2 Å². The maximum Gasteiger partial charge on any atom is 0.264 e. The number of sulfonamides is 1. The number of nitrogens with one attached hydrogen (secondary N) is 1. The first kappa shape index (κ1) is 34.8. The lowest BCUT2D eigenvalue weighted by Crippen LogP contribution is -2.31. The average molecular weight is 742 g/mol. The third-order valence-corrected chi connectivity index (χ3v) is 11.4. The Labute approximate surface area is 311 Å². The van der Waals surface area contributed by atoms with Crippen molar-refractivity contribution in [2.45, 2.75) is 41.6 Å². The van der Waals surface area contributed by atoms with E-state index in [4.69, 9.17) is 18.9 Å². The van der Waals surface area contributed by atoms with Crippen LogP contribution in [0.3, 0.4) is 0 Å². The Morgan fingerprint density at radius 3 is 2.28 bits per heavy atom. The summed E-state index contributed by atoms with van der Waals surface area (Å²) in [5.74, 6) is 1.22. The van der Waals surface area contributed by atoms with Crippen molar-refractivity contribution in [3.63, 3.8) is 0 Å². The summed E-state index contributed by atoms with van der Waals surface area (Å²) in [4.78, 5) is 9.34. The number of aliphatic hydroxyl groups excluding tert-OH is 1. The maximum atomic E-state index is 13.6. The highest BCUT2D eigenvalue weighted by atomic mass is 32.2. The first-order valence-corrected chi connectivity index (χ1v) is 19.6. The van der Waals surface area contributed by atoms with Crippen molar-refractivity contribution in [2.75, 3.05) is 10.5 Å². The molecular formula is C42H35N3O6S2. The van der Waals surface area contributed by atoms with E-state index >= 15 is 0 Å². The van der Waals surface area contributed by atoms with Crippen LogP contribution in [-0.2, 0) is 26.1 Å². The fourth-order valence-corrected chi connectivity index (χ4v) is 8.45. The van der Waals surface area contributed by atoms with E-state index in [9.17, 15) is 13.5 Å². The van der Waals surface area contributed by atoms with Crippen molar-refractivity contribution in [3.05, 3.63) is 162 Å². The van der Waals surface area contributed by atoms with E-state index in [0.717, 1.165) is 33.3 Å². The average Bonchev–Trinajstić information content (AvgIpc) is 3.65. The van der Waals surface area contributed by atoms with Crippen LogP contribution in [-0.4, -0.2) is 35.3 Å². The summed E-state index contributed by atoms with van der Waals surface area (Å²) < 4.78 is 49.5. The van der Waals surface area contributed by atoms with E-state index < -0.39 is 16.3 Å².